The van der Waals surface area contributed by atoms with Gasteiger partial charge in [-0.25, -0.2) is 0 Å². The molecule has 152 valence electrons. The summed E-state index contributed by atoms with van der Waals surface area (Å²) in [5, 5.41) is 11.5. The Hall–Kier alpha value is -1.47. The number of ketones is 1. The Morgan fingerprint density at radius 1 is 1.27 bits per heavy atom. The Bertz CT molecular complexity index is 422. The monoisotopic (exact) mass is 372 g/mol. The summed E-state index contributed by atoms with van der Waals surface area (Å²) in [4.78, 5) is 33.8. The standard InChI is InChI=1S/C10H17NO3.C8H15NO2.CH4/c12-9-5-4-8-11(9)7-3-1-2-6-10(13)14;1-7(10)5-9-6-8-3-2-4-11-8;/h1-8H2,(H,13,14);8-9H,2-6H2,1H3;1H4. The van der Waals surface area contributed by atoms with Gasteiger partial charge in [-0.15, -0.1) is 0 Å². The van der Waals surface area contributed by atoms with Gasteiger partial charge in [0.2, 0.25) is 5.91 Å². The average molecular weight is 373 g/mol. The van der Waals surface area contributed by atoms with Crippen LogP contribution in [0.25, 0.3) is 0 Å². The summed E-state index contributed by atoms with van der Waals surface area (Å²) >= 11 is 0. The van der Waals surface area contributed by atoms with E-state index in [0.717, 1.165) is 64.8 Å². The minimum Gasteiger partial charge on any atom is -0.481 e. The summed E-state index contributed by atoms with van der Waals surface area (Å²) in [5.74, 6) is -0.298. The number of ether oxygens (including phenoxy) is 1. The highest BCUT2D eigenvalue weighted by atomic mass is 16.5. The molecule has 2 saturated heterocycles. The van der Waals surface area contributed by atoms with Gasteiger partial charge in [-0.3, -0.25) is 14.4 Å². The number of amides is 1. The van der Waals surface area contributed by atoms with Gasteiger partial charge in [-0.1, -0.05) is 13.8 Å². The third-order valence-electron chi connectivity index (χ3n) is 4.26. The number of hydrogen-bond donors (Lipinski definition) is 2. The Morgan fingerprint density at radius 2 is 2.04 bits per heavy atom. The molecule has 2 rings (SSSR count). The lowest BCUT2D eigenvalue weighted by Gasteiger charge is -2.14. The molecule has 26 heavy (non-hydrogen) atoms. The number of carboxylic acids is 1. The van der Waals surface area contributed by atoms with Crippen LogP contribution in [0.2, 0.25) is 0 Å². The third-order valence-corrected chi connectivity index (χ3v) is 4.26. The summed E-state index contributed by atoms with van der Waals surface area (Å²) in [5.41, 5.74) is 0. The van der Waals surface area contributed by atoms with E-state index in [1.807, 2.05) is 4.90 Å². The fraction of sp³-hybridized carbons (Fsp3) is 0.842. The molecule has 0 radical (unpaired) electrons. The number of hydrogen-bond acceptors (Lipinski definition) is 5. The maximum absolute atomic E-state index is 11.2. The van der Waals surface area contributed by atoms with Crippen molar-refractivity contribution < 1.29 is 24.2 Å². The van der Waals surface area contributed by atoms with Gasteiger partial charge in [0.25, 0.3) is 0 Å². The molecule has 2 aliphatic heterocycles. The van der Waals surface area contributed by atoms with Crippen LogP contribution >= 0.6 is 0 Å². The Balaban J connectivity index is 0.000000475. The molecule has 0 aromatic carbocycles. The quantitative estimate of drug-likeness (QED) is 0.571. The molecule has 0 aliphatic carbocycles. The van der Waals surface area contributed by atoms with Gasteiger partial charge in [0, 0.05) is 39.1 Å². The Labute approximate surface area is 157 Å². The zero-order valence-corrected chi connectivity index (χ0v) is 15.3. The molecule has 0 saturated carbocycles. The molecule has 0 spiro atoms. The molecule has 2 N–H and O–H groups in total. The first-order valence-electron chi connectivity index (χ1n) is 9.30. The van der Waals surface area contributed by atoms with E-state index in [-0.39, 0.29) is 25.5 Å². The summed E-state index contributed by atoms with van der Waals surface area (Å²) < 4.78 is 5.36. The van der Waals surface area contributed by atoms with Crippen LogP contribution in [0.4, 0.5) is 0 Å². The van der Waals surface area contributed by atoms with Crippen molar-refractivity contribution in [1.82, 2.24) is 10.2 Å². The normalized spacial score (nSPS) is 18.9. The van der Waals surface area contributed by atoms with E-state index in [1.165, 1.54) is 0 Å². The Morgan fingerprint density at radius 3 is 2.58 bits per heavy atom. The van der Waals surface area contributed by atoms with Gasteiger partial charge < -0.3 is 20.1 Å². The first-order valence-corrected chi connectivity index (χ1v) is 9.30. The number of nitrogens with one attached hydrogen (secondary N) is 1. The molecule has 0 bridgehead atoms. The molecule has 7 nitrogen and oxygen atoms in total. The van der Waals surface area contributed by atoms with E-state index in [1.54, 1.807) is 6.92 Å². The molecule has 2 heterocycles. The highest BCUT2D eigenvalue weighted by molar-refractivity contribution is 5.78. The van der Waals surface area contributed by atoms with Crippen LogP contribution in [0.3, 0.4) is 0 Å². The number of nitrogens with zero attached hydrogens (tertiary/aromatic N) is 1. The second kappa shape index (κ2) is 14.7. The van der Waals surface area contributed by atoms with Gasteiger partial charge in [0.1, 0.15) is 5.78 Å². The van der Waals surface area contributed by atoms with E-state index < -0.39 is 5.97 Å². The maximum atomic E-state index is 11.2. The van der Waals surface area contributed by atoms with Crippen LogP contribution in [0.1, 0.15) is 65.7 Å². The molecule has 0 aromatic rings. The van der Waals surface area contributed by atoms with Crippen molar-refractivity contribution >= 4 is 17.7 Å². The van der Waals surface area contributed by atoms with Gasteiger partial charge in [0.05, 0.1) is 12.6 Å². The molecule has 1 unspecified atom stereocenters. The predicted molar refractivity (Wildman–Crippen MR) is 101 cm³/mol. The number of carbonyl (C=O) groups excluding carboxylic acids is 2. The van der Waals surface area contributed by atoms with Gasteiger partial charge in [-0.05, 0) is 39.0 Å². The fourth-order valence-corrected chi connectivity index (χ4v) is 2.91. The number of rotatable bonds is 10. The lowest BCUT2D eigenvalue weighted by Crippen LogP contribution is -2.29. The minimum atomic E-state index is -0.734. The summed E-state index contributed by atoms with van der Waals surface area (Å²) in [6.45, 7) is 5.45. The van der Waals surface area contributed by atoms with Crippen molar-refractivity contribution in [2.45, 2.75) is 71.8 Å². The Kier molecular flexibility index (Phi) is 13.8. The van der Waals surface area contributed by atoms with Crippen molar-refractivity contribution in [3.63, 3.8) is 0 Å². The number of carboxylic acid groups (broad SMARTS) is 1. The highest BCUT2D eigenvalue weighted by Gasteiger charge is 2.18. The average Bonchev–Trinajstić information content (AvgIpc) is 3.19. The molecule has 2 fully saturated rings. The number of likely N-dealkylation sites (tertiary alicyclic amines) is 1. The van der Waals surface area contributed by atoms with Gasteiger partial charge in [-0.2, -0.15) is 0 Å². The first-order chi connectivity index (χ1) is 12.0. The number of Topliss-reactive ketones (excluding diaryl/α,β-unsaturated/α-hetero) is 1. The third kappa shape index (κ3) is 12.0. The summed E-state index contributed by atoms with van der Waals surface area (Å²) in [7, 11) is 0. The highest BCUT2D eigenvalue weighted by Crippen LogP contribution is 2.11. The van der Waals surface area contributed by atoms with Crippen molar-refractivity contribution in [3.05, 3.63) is 0 Å². The lowest BCUT2D eigenvalue weighted by molar-refractivity contribution is -0.137. The molecule has 1 atom stereocenters. The van der Waals surface area contributed by atoms with Gasteiger partial charge >= 0.3 is 5.97 Å². The second-order valence-electron chi connectivity index (χ2n) is 6.66. The first kappa shape index (κ1) is 24.5. The van der Waals surface area contributed by atoms with Crippen molar-refractivity contribution in [2.75, 3.05) is 32.8 Å². The summed E-state index contributed by atoms with van der Waals surface area (Å²) in [6.07, 6.45) is 7.09. The molecular formula is C19H36N2O5. The predicted octanol–water partition coefficient (Wildman–Crippen LogP) is 2.23. The van der Waals surface area contributed by atoms with Crippen molar-refractivity contribution in [2.24, 2.45) is 0 Å². The zero-order valence-electron chi connectivity index (χ0n) is 15.3. The van der Waals surface area contributed by atoms with E-state index in [0.29, 0.717) is 19.1 Å². The maximum Gasteiger partial charge on any atom is 0.303 e. The van der Waals surface area contributed by atoms with E-state index in [4.69, 9.17) is 9.84 Å². The number of unbranched alkanes of at least 4 members (excludes halogenated alkanes) is 2. The number of aliphatic carboxylic acids is 1. The van der Waals surface area contributed by atoms with Crippen LogP contribution in [0.15, 0.2) is 0 Å². The number of carbonyl (C=O) groups is 3. The SMILES string of the molecule is C.CC(=O)CNCC1CCCO1.O=C(O)CCCCCN1CCCC1=O. The van der Waals surface area contributed by atoms with Crippen molar-refractivity contribution in [3.8, 4) is 0 Å². The molecule has 7 heteroatoms. The van der Waals surface area contributed by atoms with Crippen molar-refractivity contribution in [1.29, 1.82) is 0 Å². The van der Waals surface area contributed by atoms with E-state index in [2.05, 4.69) is 5.32 Å². The van der Waals surface area contributed by atoms with Crippen LogP contribution in [-0.4, -0.2) is 66.6 Å². The molecule has 2 aliphatic rings. The smallest absolute Gasteiger partial charge is 0.303 e. The topological polar surface area (TPSA) is 95.9 Å². The van der Waals surface area contributed by atoms with Crippen LogP contribution < -0.4 is 5.32 Å². The fourth-order valence-electron chi connectivity index (χ4n) is 2.91. The molecule has 0 aromatic heterocycles. The van der Waals surface area contributed by atoms with Gasteiger partial charge in [0.15, 0.2) is 0 Å². The molecular weight excluding hydrogens is 336 g/mol. The van der Waals surface area contributed by atoms with E-state index in [9.17, 15) is 14.4 Å². The summed E-state index contributed by atoms with van der Waals surface area (Å²) in [6, 6.07) is 0. The second-order valence-corrected chi connectivity index (χ2v) is 6.66. The lowest BCUT2D eigenvalue weighted by atomic mass is 10.2. The zero-order chi connectivity index (χ0) is 18.5. The van der Waals surface area contributed by atoms with Crippen LogP contribution in [0, 0.1) is 0 Å². The van der Waals surface area contributed by atoms with E-state index >= 15 is 0 Å². The molecule has 1 amide bonds. The van der Waals surface area contributed by atoms with Crippen LogP contribution in [0.5, 0.6) is 0 Å². The minimum absolute atomic E-state index is 0. The van der Waals surface area contributed by atoms with Crippen LogP contribution in [-0.2, 0) is 19.1 Å². The largest absolute Gasteiger partial charge is 0.481 e.